The fourth-order valence-electron chi connectivity index (χ4n) is 2.70. The highest BCUT2D eigenvalue weighted by molar-refractivity contribution is 6.04. The molecule has 0 aliphatic carbocycles. The monoisotopic (exact) mass is 297 g/mol. The SMILES string of the molecule is CC(C)n1cc(C(=O)O)c2ccc(-c3cccc(F)c3)cc21. The maximum atomic E-state index is 13.4. The standard InChI is InChI=1S/C18H16FNO2/c1-11(2)20-10-16(18(21)22)15-7-6-13(9-17(15)20)12-4-3-5-14(19)8-12/h3-11H,1-2H3,(H,21,22). The summed E-state index contributed by atoms with van der Waals surface area (Å²) in [5, 5.41) is 10.0. The molecule has 3 rings (SSSR count). The van der Waals surface area contributed by atoms with Crippen LogP contribution in [0.2, 0.25) is 0 Å². The zero-order chi connectivity index (χ0) is 15.9. The average Bonchev–Trinajstić information content (AvgIpc) is 2.86. The van der Waals surface area contributed by atoms with E-state index in [0.717, 1.165) is 16.6 Å². The Labute approximate surface area is 127 Å². The predicted molar refractivity (Wildman–Crippen MR) is 84.7 cm³/mol. The molecule has 0 amide bonds. The third kappa shape index (κ3) is 2.37. The average molecular weight is 297 g/mol. The first-order valence-corrected chi connectivity index (χ1v) is 7.11. The van der Waals surface area contributed by atoms with E-state index in [1.165, 1.54) is 12.1 Å². The van der Waals surface area contributed by atoms with E-state index in [-0.39, 0.29) is 17.4 Å². The van der Waals surface area contributed by atoms with Gasteiger partial charge in [0.25, 0.3) is 0 Å². The van der Waals surface area contributed by atoms with Gasteiger partial charge in [-0.15, -0.1) is 0 Å². The molecule has 0 saturated heterocycles. The second kappa shape index (κ2) is 5.30. The van der Waals surface area contributed by atoms with Crippen LogP contribution in [0.25, 0.3) is 22.0 Å². The molecule has 0 saturated carbocycles. The highest BCUT2D eigenvalue weighted by Gasteiger charge is 2.16. The van der Waals surface area contributed by atoms with Crippen LogP contribution in [0.15, 0.2) is 48.7 Å². The first-order valence-electron chi connectivity index (χ1n) is 7.11. The summed E-state index contributed by atoms with van der Waals surface area (Å²) in [5.74, 6) is -1.23. The lowest BCUT2D eigenvalue weighted by atomic mass is 10.0. The molecular weight excluding hydrogens is 281 g/mol. The third-order valence-corrected chi connectivity index (χ3v) is 3.78. The predicted octanol–water partition coefficient (Wildman–Crippen LogP) is 4.73. The molecular formula is C18H16FNO2. The summed E-state index contributed by atoms with van der Waals surface area (Å²) in [6, 6.07) is 12.1. The molecule has 3 aromatic rings. The molecule has 112 valence electrons. The van der Waals surface area contributed by atoms with Gasteiger partial charge in [0.05, 0.1) is 5.56 Å². The van der Waals surface area contributed by atoms with Gasteiger partial charge in [0, 0.05) is 23.1 Å². The van der Waals surface area contributed by atoms with Crippen molar-refractivity contribution < 1.29 is 14.3 Å². The number of carboxylic acid groups (broad SMARTS) is 1. The molecule has 0 aliphatic rings. The number of aromatic nitrogens is 1. The Morgan fingerprint density at radius 3 is 2.50 bits per heavy atom. The van der Waals surface area contributed by atoms with Crippen LogP contribution in [0.3, 0.4) is 0 Å². The largest absolute Gasteiger partial charge is 0.478 e. The second-order valence-corrected chi connectivity index (χ2v) is 5.59. The van der Waals surface area contributed by atoms with Crippen LogP contribution in [0.4, 0.5) is 4.39 Å². The summed E-state index contributed by atoms with van der Waals surface area (Å²) in [7, 11) is 0. The second-order valence-electron chi connectivity index (χ2n) is 5.59. The number of halogens is 1. The smallest absolute Gasteiger partial charge is 0.337 e. The number of hydrogen-bond donors (Lipinski definition) is 1. The minimum atomic E-state index is -0.942. The minimum absolute atomic E-state index is 0.137. The number of benzene rings is 2. The van der Waals surface area contributed by atoms with Crippen molar-refractivity contribution in [3.8, 4) is 11.1 Å². The van der Waals surface area contributed by atoms with Crippen molar-refractivity contribution in [2.75, 3.05) is 0 Å². The Kier molecular flexibility index (Phi) is 3.45. The highest BCUT2D eigenvalue weighted by Crippen LogP contribution is 2.30. The van der Waals surface area contributed by atoms with Crippen molar-refractivity contribution in [2.45, 2.75) is 19.9 Å². The molecule has 0 radical (unpaired) electrons. The summed E-state index contributed by atoms with van der Waals surface area (Å²) >= 11 is 0. The number of aromatic carboxylic acids is 1. The lowest BCUT2D eigenvalue weighted by molar-refractivity contribution is 0.0698. The number of carbonyl (C=O) groups is 1. The van der Waals surface area contributed by atoms with Gasteiger partial charge < -0.3 is 9.67 Å². The quantitative estimate of drug-likeness (QED) is 0.759. The maximum absolute atomic E-state index is 13.4. The van der Waals surface area contributed by atoms with Gasteiger partial charge in [-0.05, 0) is 43.2 Å². The van der Waals surface area contributed by atoms with Crippen molar-refractivity contribution in [1.29, 1.82) is 0 Å². The molecule has 0 unspecified atom stereocenters. The number of carboxylic acids is 1. The summed E-state index contributed by atoms with van der Waals surface area (Å²) < 4.78 is 15.3. The van der Waals surface area contributed by atoms with Gasteiger partial charge in [0.15, 0.2) is 0 Å². The van der Waals surface area contributed by atoms with Crippen molar-refractivity contribution >= 4 is 16.9 Å². The molecule has 0 atom stereocenters. The molecule has 0 spiro atoms. The third-order valence-electron chi connectivity index (χ3n) is 3.78. The van der Waals surface area contributed by atoms with E-state index in [9.17, 15) is 14.3 Å². The lowest BCUT2D eigenvalue weighted by Crippen LogP contribution is -1.99. The van der Waals surface area contributed by atoms with Crippen molar-refractivity contribution in [3.63, 3.8) is 0 Å². The first kappa shape index (κ1) is 14.3. The van der Waals surface area contributed by atoms with Crippen LogP contribution >= 0.6 is 0 Å². The van der Waals surface area contributed by atoms with Gasteiger partial charge in [-0.3, -0.25) is 0 Å². The van der Waals surface area contributed by atoms with Gasteiger partial charge >= 0.3 is 5.97 Å². The van der Waals surface area contributed by atoms with E-state index in [2.05, 4.69) is 0 Å². The van der Waals surface area contributed by atoms with Gasteiger partial charge in [-0.1, -0.05) is 24.3 Å². The van der Waals surface area contributed by atoms with E-state index in [4.69, 9.17) is 0 Å². The van der Waals surface area contributed by atoms with Crippen molar-refractivity contribution in [3.05, 3.63) is 60.0 Å². The van der Waals surface area contributed by atoms with Crippen molar-refractivity contribution in [1.82, 2.24) is 4.57 Å². The first-order chi connectivity index (χ1) is 10.5. The Morgan fingerprint density at radius 2 is 1.86 bits per heavy atom. The molecule has 0 aliphatic heterocycles. The Balaban J connectivity index is 2.25. The van der Waals surface area contributed by atoms with Crippen molar-refractivity contribution in [2.24, 2.45) is 0 Å². The van der Waals surface area contributed by atoms with Gasteiger partial charge in [0.2, 0.25) is 0 Å². The summed E-state index contributed by atoms with van der Waals surface area (Å²) in [5.41, 5.74) is 2.77. The van der Waals surface area contributed by atoms with Crippen LogP contribution in [-0.2, 0) is 0 Å². The number of rotatable bonds is 3. The molecule has 2 aromatic carbocycles. The van der Waals surface area contributed by atoms with Crippen LogP contribution in [-0.4, -0.2) is 15.6 Å². The zero-order valence-electron chi connectivity index (χ0n) is 12.4. The maximum Gasteiger partial charge on any atom is 0.337 e. The summed E-state index contributed by atoms with van der Waals surface area (Å²) in [4.78, 5) is 11.4. The molecule has 1 N–H and O–H groups in total. The lowest BCUT2D eigenvalue weighted by Gasteiger charge is -2.10. The van der Waals surface area contributed by atoms with Gasteiger partial charge in [-0.2, -0.15) is 0 Å². The van der Waals surface area contributed by atoms with E-state index < -0.39 is 5.97 Å². The van der Waals surface area contributed by atoms with E-state index >= 15 is 0 Å². The van der Waals surface area contributed by atoms with Gasteiger partial charge in [-0.25, -0.2) is 9.18 Å². The number of hydrogen-bond acceptors (Lipinski definition) is 1. The normalized spacial score (nSPS) is 11.3. The van der Waals surface area contributed by atoms with Crippen LogP contribution in [0.1, 0.15) is 30.2 Å². The molecule has 4 heteroatoms. The molecule has 0 fully saturated rings. The Morgan fingerprint density at radius 1 is 1.14 bits per heavy atom. The summed E-state index contributed by atoms with van der Waals surface area (Å²) in [6.45, 7) is 4.00. The van der Waals surface area contributed by atoms with Crippen LogP contribution in [0, 0.1) is 5.82 Å². The molecule has 1 heterocycles. The van der Waals surface area contributed by atoms with Crippen LogP contribution < -0.4 is 0 Å². The fraction of sp³-hybridized carbons (Fsp3) is 0.167. The molecule has 1 aromatic heterocycles. The van der Waals surface area contributed by atoms with E-state index in [1.54, 1.807) is 18.3 Å². The minimum Gasteiger partial charge on any atom is -0.478 e. The number of nitrogens with zero attached hydrogens (tertiary/aromatic N) is 1. The van der Waals surface area contributed by atoms with E-state index in [0.29, 0.717) is 5.39 Å². The number of fused-ring (bicyclic) bond motifs is 1. The Bertz CT molecular complexity index is 865. The van der Waals surface area contributed by atoms with E-state index in [1.807, 2.05) is 36.6 Å². The van der Waals surface area contributed by atoms with Crippen LogP contribution in [0.5, 0.6) is 0 Å². The highest BCUT2D eigenvalue weighted by atomic mass is 19.1. The Hall–Kier alpha value is -2.62. The fourth-order valence-corrected chi connectivity index (χ4v) is 2.70. The van der Waals surface area contributed by atoms with Gasteiger partial charge in [0.1, 0.15) is 5.82 Å². The molecule has 22 heavy (non-hydrogen) atoms. The molecule has 3 nitrogen and oxygen atoms in total. The topological polar surface area (TPSA) is 42.2 Å². The summed E-state index contributed by atoms with van der Waals surface area (Å²) in [6.07, 6.45) is 1.66. The molecule has 0 bridgehead atoms. The zero-order valence-corrected chi connectivity index (χ0v) is 12.4.